The first-order chi connectivity index (χ1) is 13.9. The maximum Gasteiger partial charge on any atom is 0.252 e. The van der Waals surface area contributed by atoms with Crippen LogP contribution in [0.25, 0.3) is 0 Å². The molecule has 1 aromatic rings. The maximum absolute atomic E-state index is 12.8. The second-order valence-corrected chi connectivity index (χ2v) is 10.9. The van der Waals surface area contributed by atoms with Crippen molar-refractivity contribution in [1.29, 1.82) is 0 Å². The molecular formula is C20H36N4O3S2. The Balaban J connectivity index is 1.84. The zero-order chi connectivity index (χ0) is 21.3. The van der Waals surface area contributed by atoms with E-state index in [2.05, 4.69) is 29.5 Å². The van der Waals surface area contributed by atoms with Crippen LogP contribution in [-0.4, -0.2) is 58.1 Å². The molecular weight excluding hydrogens is 408 g/mol. The Morgan fingerprint density at radius 2 is 1.97 bits per heavy atom. The number of hydrogen-bond donors (Lipinski definition) is 2. The minimum Gasteiger partial charge on any atom is -0.378 e. The largest absolute Gasteiger partial charge is 0.378 e. The first kappa shape index (κ1) is 24.1. The fourth-order valence-corrected chi connectivity index (χ4v) is 6.34. The molecule has 0 aliphatic carbocycles. The Morgan fingerprint density at radius 3 is 2.59 bits per heavy atom. The van der Waals surface area contributed by atoms with Crippen LogP contribution in [0.4, 0.5) is 0 Å². The summed E-state index contributed by atoms with van der Waals surface area (Å²) in [6.45, 7) is 9.63. The summed E-state index contributed by atoms with van der Waals surface area (Å²) in [5.41, 5.74) is 0. The lowest BCUT2D eigenvalue weighted by atomic mass is 10.0. The van der Waals surface area contributed by atoms with Gasteiger partial charge in [0.2, 0.25) is 0 Å². The highest BCUT2D eigenvalue weighted by Gasteiger charge is 2.27. The molecule has 166 valence electrons. The van der Waals surface area contributed by atoms with Gasteiger partial charge in [0.25, 0.3) is 10.0 Å². The molecule has 2 N–H and O–H groups in total. The van der Waals surface area contributed by atoms with E-state index in [9.17, 15) is 8.42 Å². The maximum atomic E-state index is 12.8. The number of rotatable bonds is 10. The number of nitrogens with zero attached hydrogens (tertiary/aromatic N) is 2. The predicted octanol–water partition coefficient (Wildman–Crippen LogP) is 3.04. The zero-order valence-corrected chi connectivity index (χ0v) is 19.7. The van der Waals surface area contributed by atoms with E-state index in [0.29, 0.717) is 35.7 Å². The summed E-state index contributed by atoms with van der Waals surface area (Å²) in [5, 5.41) is 6.57. The van der Waals surface area contributed by atoms with Crippen LogP contribution in [-0.2, 0) is 21.3 Å². The van der Waals surface area contributed by atoms with Gasteiger partial charge in [-0.15, -0.1) is 11.3 Å². The van der Waals surface area contributed by atoms with Gasteiger partial charge in [0.15, 0.2) is 5.96 Å². The highest BCUT2D eigenvalue weighted by Crippen LogP contribution is 2.27. The fraction of sp³-hybridized carbons (Fsp3) is 0.750. The lowest BCUT2D eigenvalue weighted by Crippen LogP contribution is -2.38. The molecule has 1 aliphatic rings. The molecule has 2 heterocycles. The second kappa shape index (κ2) is 11.9. The van der Waals surface area contributed by atoms with Crippen molar-refractivity contribution in [2.45, 2.75) is 63.3 Å². The Morgan fingerprint density at radius 1 is 1.24 bits per heavy atom. The smallest absolute Gasteiger partial charge is 0.252 e. The third-order valence-electron chi connectivity index (χ3n) is 5.05. The third kappa shape index (κ3) is 7.24. The highest BCUT2D eigenvalue weighted by molar-refractivity contribution is 7.91. The molecule has 0 amide bonds. The van der Waals surface area contributed by atoms with Gasteiger partial charge < -0.3 is 15.4 Å². The molecule has 1 atom stereocenters. The second-order valence-electron chi connectivity index (χ2n) is 7.56. The molecule has 29 heavy (non-hydrogen) atoms. The van der Waals surface area contributed by atoms with E-state index < -0.39 is 10.0 Å². The predicted molar refractivity (Wildman–Crippen MR) is 120 cm³/mol. The number of thiophene rings is 1. The Kier molecular flexibility index (Phi) is 9.88. The monoisotopic (exact) mass is 444 g/mol. The van der Waals surface area contributed by atoms with Gasteiger partial charge in [-0.05, 0) is 44.2 Å². The van der Waals surface area contributed by atoms with Gasteiger partial charge in [-0.25, -0.2) is 8.42 Å². The van der Waals surface area contributed by atoms with E-state index in [-0.39, 0.29) is 6.10 Å². The normalized spacial score (nSPS) is 17.5. The molecule has 1 aromatic heterocycles. The number of piperidine rings is 1. The molecule has 1 saturated heterocycles. The van der Waals surface area contributed by atoms with Gasteiger partial charge in [-0.1, -0.05) is 20.3 Å². The quantitative estimate of drug-likeness (QED) is 0.428. The van der Waals surface area contributed by atoms with E-state index in [0.717, 1.165) is 43.7 Å². The van der Waals surface area contributed by atoms with E-state index in [1.54, 1.807) is 17.4 Å². The van der Waals surface area contributed by atoms with Crippen LogP contribution >= 0.6 is 11.3 Å². The van der Waals surface area contributed by atoms with E-state index in [1.165, 1.54) is 11.3 Å². The first-order valence-corrected chi connectivity index (χ1v) is 12.8. The zero-order valence-electron chi connectivity index (χ0n) is 18.1. The lowest BCUT2D eigenvalue weighted by molar-refractivity contribution is 0.0258. The number of guanidine groups is 1. The summed E-state index contributed by atoms with van der Waals surface area (Å²) in [6, 6.07) is 3.60. The van der Waals surface area contributed by atoms with Crippen molar-refractivity contribution < 1.29 is 13.2 Å². The molecule has 0 aromatic carbocycles. The Hall–Kier alpha value is -1.16. The summed E-state index contributed by atoms with van der Waals surface area (Å²) in [6.07, 6.45) is 4.14. The van der Waals surface area contributed by atoms with Gasteiger partial charge in [-0.2, -0.15) is 4.31 Å². The number of hydrogen-bond acceptors (Lipinski definition) is 5. The molecule has 2 rings (SSSR count). The Bertz CT molecular complexity index is 741. The van der Waals surface area contributed by atoms with E-state index in [4.69, 9.17) is 4.74 Å². The average Bonchev–Trinajstić information content (AvgIpc) is 3.20. The van der Waals surface area contributed by atoms with Crippen molar-refractivity contribution >= 4 is 27.3 Å². The number of ether oxygens (including phenoxy) is 1. The van der Waals surface area contributed by atoms with Crippen LogP contribution in [0.2, 0.25) is 0 Å². The molecule has 0 saturated carbocycles. The van der Waals surface area contributed by atoms with Crippen LogP contribution in [0.3, 0.4) is 0 Å². The summed E-state index contributed by atoms with van der Waals surface area (Å²) < 4.78 is 33.4. The third-order valence-corrected chi connectivity index (χ3v) is 8.50. The van der Waals surface area contributed by atoms with Gasteiger partial charge >= 0.3 is 0 Å². The van der Waals surface area contributed by atoms with Gasteiger partial charge in [0.1, 0.15) is 4.21 Å². The van der Waals surface area contributed by atoms with Gasteiger partial charge in [0.05, 0.1) is 12.6 Å². The topological polar surface area (TPSA) is 83.0 Å². The van der Waals surface area contributed by atoms with E-state index in [1.807, 2.05) is 13.0 Å². The minimum atomic E-state index is -3.36. The molecule has 7 nitrogen and oxygen atoms in total. The molecule has 9 heteroatoms. The Labute approximate surface area is 180 Å². The molecule has 0 spiro atoms. The van der Waals surface area contributed by atoms with Crippen LogP contribution in [0, 0.1) is 5.92 Å². The molecule has 0 bridgehead atoms. The molecule has 1 fully saturated rings. The van der Waals surface area contributed by atoms with Gasteiger partial charge in [-0.3, -0.25) is 4.99 Å². The summed E-state index contributed by atoms with van der Waals surface area (Å²) in [5.74, 6) is 1.18. The molecule has 1 aliphatic heterocycles. The van der Waals surface area contributed by atoms with Crippen LogP contribution in [0.15, 0.2) is 21.3 Å². The minimum absolute atomic E-state index is 0.227. The summed E-state index contributed by atoms with van der Waals surface area (Å²) in [7, 11) is -1.62. The van der Waals surface area contributed by atoms with Crippen molar-refractivity contribution in [3.63, 3.8) is 0 Å². The van der Waals surface area contributed by atoms with Crippen molar-refractivity contribution in [3.8, 4) is 0 Å². The van der Waals surface area contributed by atoms with Gasteiger partial charge in [0, 0.05) is 38.2 Å². The lowest BCUT2D eigenvalue weighted by Gasteiger charge is -2.25. The van der Waals surface area contributed by atoms with Crippen molar-refractivity contribution in [2.24, 2.45) is 10.9 Å². The van der Waals surface area contributed by atoms with Crippen LogP contribution < -0.4 is 10.6 Å². The standard InChI is InChI=1S/C20H36N4O3S2/c1-5-27-18(16(2)3)11-12-22-20(21-4)23-15-17-9-10-19(28-17)29(25,26)24-13-7-6-8-14-24/h9-10,16,18H,5-8,11-15H2,1-4H3,(H2,21,22,23). The van der Waals surface area contributed by atoms with Crippen molar-refractivity contribution in [3.05, 3.63) is 17.0 Å². The van der Waals surface area contributed by atoms with Crippen molar-refractivity contribution in [1.82, 2.24) is 14.9 Å². The first-order valence-electron chi connectivity index (χ1n) is 10.5. The van der Waals surface area contributed by atoms with E-state index >= 15 is 0 Å². The van der Waals surface area contributed by atoms with Crippen LogP contribution in [0.1, 0.15) is 51.3 Å². The molecule has 1 unspecified atom stereocenters. The number of nitrogens with one attached hydrogen (secondary N) is 2. The molecule has 0 radical (unpaired) electrons. The SMILES string of the molecule is CCOC(CCNC(=NC)NCc1ccc(S(=O)(=O)N2CCCCC2)s1)C(C)C. The highest BCUT2D eigenvalue weighted by atomic mass is 32.2. The van der Waals surface area contributed by atoms with Crippen LogP contribution in [0.5, 0.6) is 0 Å². The number of aliphatic imine (C=N–C) groups is 1. The fourth-order valence-electron chi connectivity index (χ4n) is 3.37. The van der Waals surface area contributed by atoms with Crippen molar-refractivity contribution in [2.75, 3.05) is 33.3 Å². The summed E-state index contributed by atoms with van der Waals surface area (Å²) >= 11 is 1.33. The number of sulfonamides is 1. The summed E-state index contributed by atoms with van der Waals surface area (Å²) in [4.78, 5) is 5.22. The average molecular weight is 445 g/mol.